The van der Waals surface area contributed by atoms with Gasteiger partial charge in [-0.1, -0.05) is 72.3 Å². The Morgan fingerprint density at radius 2 is 1.59 bits per heavy atom. The maximum atomic E-state index is 13.5. The molecule has 0 bridgehead atoms. The summed E-state index contributed by atoms with van der Waals surface area (Å²) in [6.07, 6.45) is 0.391. The molecule has 0 aliphatic carbocycles. The zero-order valence-corrected chi connectivity index (χ0v) is 21.6. The van der Waals surface area contributed by atoms with Crippen LogP contribution >= 0.6 is 27.5 Å². The molecule has 1 N–H and O–H groups in total. The summed E-state index contributed by atoms with van der Waals surface area (Å²) in [6.45, 7) is 3.88. The lowest BCUT2D eigenvalue weighted by Gasteiger charge is -2.32. The van der Waals surface area contributed by atoms with E-state index in [1.807, 2.05) is 74.5 Å². The third-order valence-electron chi connectivity index (χ3n) is 5.14. The Morgan fingerprint density at radius 3 is 2.18 bits per heavy atom. The van der Waals surface area contributed by atoms with Gasteiger partial charge in [-0.3, -0.25) is 9.59 Å². The molecule has 0 aliphatic rings. The average Bonchev–Trinajstić information content (AvgIpc) is 2.81. The van der Waals surface area contributed by atoms with E-state index in [2.05, 4.69) is 21.2 Å². The van der Waals surface area contributed by atoms with Crippen molar-refractivity contribution in [2.24, 2.45) is 0 Å². The molecule has 178 valence electrons. The average molecular weight is 544 g/mol. The lowest BCUT2D eigenvalue weighted by atomic mass is 10.0. The third-order valence-corrected chi connectivity index (χ3v) is 6.00. The van der Waals surface area contributed by atoms with Crippen LogP contribution in [0.2, 0.25) is 5.02 Å². The Balaban J connectivity index is 1.89. The molecule has 0 aromatic heterocycles. The highest BCUT2D eigenvalue weighted by molar-refractivity contribution is 9.10. The predicted octanol–water partition coefficient (Wildman–Crippen LogP) is 5.65. The summed E-state index contributed by atoms with van der Waals surface area (Å²) < 4.78 is 6.46. The summed E-state index contributed by atoms with van der Waals surface area (Å²) in [5, 5.41) is 3.54. The number of hydrogen-bond acceptors (Lipinski definition) is 3. The number of hydrogen-bond donors (Lipinski definition) is 1. The van der Waals surface area contributed by atoms with E-state index in [9.17, 15) is 9.59 Å². The molecule has 0 radical (unpaired) electrons. The second kappa shape index (κ2) is 12.6. The zero-order valence-electron chi connectivity index (χ0n) is 19.2. The highest BCUT2D eigenvalue weighted by Gasteiger charge is 2.31. The monoisotopic (exact) mass is 542 g/mol. The van der Waals surface area contributed by atoms with Crippen LogP contribution in [-0.4, -0.2) is 35.4 Å². The normalized spacial score (nSPS) is 11.7. The van der Waals surface area contributed by atoms with Crippen LogP contribution in [0.15, 0.2) is 83.3 Å². The van der Waals surface area contributed by atoms with E-state index in [0.29, 0.717) is 21.7 Å². The molecule has 0 saturated heterocycles. The standard InChI is InChI=1S/C27H28BrClN2O3/c1-19(2)30-27(33)24(15-20-9-5-3-6-10-20)31(17-21-11-7-4-8-12-21)26(32)18-34-25-14-13-22(29)16-23(25)28/h3-14,16,19,24H,15,17-18H2,1-2H3,(H,30,33)/t24-/m1/s1. The first-order valence-corrected chi connectivity index (χ1v) is 12.3. The van der Waals surface area contributed by atoms with E-state index in [1.54, 1.807) is 23.1 Å². The number of ether oxygens (including phenoxy) is 1. The fraction of sp³-hybridized carbons (Fsp3) is 0.259. The number of benzene rings is 3. The fourth-order valence-corrected chi connectivity index (χ4v) is 4.33. The molecule has 0 aliphatic heterocycles. The number of nitrogens with one attached hydrogen (secondary N) is 1. The van der Waals surface area contributed by atoms with Gasteiger partial charge in [-0.05, 0) is 59.1 Å². The lowest BCUT2D eigenvalue weighted by Crippen LogP contribution is -2.52. The van der Waals surface area contributed by atoms with Crippen LogP contribution in [0.25, 0.3) is 0 Å². The van der Waals surface area contributed by atoms with Crippen molar-refractivity contribution < 1.29 is 14.3 Å². The SMILES string of the molecule is CC(C)NC(=O)[C@@H](Cc1ccccc1)N(Cc1ccccc1)C(=O)COc1ccc(Cl)cc1Br. The Morgan fingerprint density at radius 1 is 0.971 bits per heavy atom. The molecule has 0 spiro atoms. The maximum absolute atomic E-state index is 13.5. The van der Waals surface area contributed by atoms with Gasteiger partial charge in [0.25, 0.3) is 5.91 Å². The Labute approximate surface area is 214 Å². The molecule has 34 heavy (non-hydrogen) atoms. The van der Waals surface area contributed by atoms with Crippen molar-refractivity contribution in [3.8, 4) is 5.75 Å². The zero-order chi connectivity index (χ0) is 24.5. The first-order chi connectivity index (χ1) is 16.3. The van der Waals surface area contributed by atoms with Gasteiger partial charge in [-0.15, -0.1) is 0 Å². The van der Waals surface area contributed by atoms with Gasteiger partial charge in [0.1, 0.15) is 11.8 Å². The van der Waals surface area contributed by atoms with Crippen LogP contribution in [-0.2, 0) is 22.6 Å². The summed E-state index contributed by atoms with van der Waals surface area (Å²) in [7, 11) is 0. The molecular formula is C27H28BrClN2O3. The lowest BCUT2D eigenvalue weighted by molar-refractivity contribution is -0.143. The summed E-state index contributed by atoms with van der Waals surface area (Å²) in [5.74, 6) is 0.0185. The largest absolute Gasteiger partial charge is 0.483 e. The molecule has 3 aromatic carbocycles. The van der Waals surface area contributed by atoms with E-state index in [0.717, 1.165) is 11.1 Å². The second-order valence-corrected chi connectivity index (χ2v) is 9.53. The summed E-state index contributed by atoms with van der Waals surface area (Å²) >= 11 is 9.42. The van der Waals surface area contributed by atoms with Crippen LogP contribution in [0.1, 0.15) is 25.0 Å². The maximum Gasteiger partial charge on any atom is 0.261 e. The summed E-state index contributed by atoms with van der Waals surface area (Å²) in [5.41, 5.74) is 1.90. The Bertz CT molecular complexity index is 1090. The minimum absolute atomic E-state index is 0.0549. The number of rotatable bonds is 10. The van der Waals surface area contributed by atoms with E-state index in [-0.39, 0.29) is 31.0 Å². The van der Waals surface area contributed by atoms with Gasteiger partial charge < -0.3 is 15.0 Å². The molecule has 5 nitrogen and oxygen atoms in total. The molecule has 0 saturated carbocycles. The number of nitrogens with zero attached hydrogens (tertiary/aromatic N) is 1. The van der Waals surface area contributed by atoms with Gasteiger partial charge >= 0.3 is 0 Å². The van der Waals surface area contributed by atoms with Gasteiger partial charge in [-0.25, -0.2) is 0 Å². The van der Waals surface area contributed by atoms with E-state index < -0.39 is 6.04 Å². The van der Waals surface area contributed by atoms with E-state index >= 15 is 0 Å². The van der Waals surface area contributed by atoms with Gasteiger partial charge in [-0.2, -0.15) is 0 Å². The van der Waals surface area contributed by atoms with E-state index in [4.69, 9.17) is 16.3 Å². The summed E-state index contributed by atoms with van der Waals surface area (Å²) in [6, 6.07) is 23.7. The number of carbonyl (C=O) groups is 2. The molecule has 1 atom stereocenters. The van der Waals surface area contributed by atoms with Crippen LogP contribution < -0.4 is 10.1 Å². The van der Waals surface area contributed by atoms with Crippen LogP contribution in [0.5, 0.6) is 5.75 Å². The van der Waals surface area contributed by atoms with Gasteiger partial charge in [0.15, 0.2) is 6.61 Å². The molecule has 0 unspecified atom stereocenters. The van der Waals surface area contributed by atoms with Crippen molar-refractivity contribution in [1.82, 2.24) is 10.2 Å². The minimum Gasteiger partial charge on any atom is -0.483 e. The highest BCUT2D eigenvalue weighted by Crippen LogP contribution is 2.28. The fourth-order valence-electron chi connectivity index (χ4n) is 3.53. The van der Waals surface area contributed by atoms with Gasteiger partial charge in [0, 0.05) is 24.0 Å². The van der Waals surface area contributed by atoms with Crippen molar-refractivity contribution in [2.75, 3.05) is 6.61 Å². The first kappa shape index (κ1) is 25.8. The van der Waals surface area contributed by atoms with Gasteiger partial charge in [0.05, 0.1) is 4.47 Å². The van der Waals surface area contributed by atoms with Crippen molar-refractivity contribution in [1.29, 1.82) is 0 Å². The molecule has 2 amide bonds. The minimum atomic E-state index is -0.699. The quantitative estimate of drug-likeness (QED) is 0.360. The highest BCUT2D eigenvalue weighted by atomic mass is 79.9. The van der Waals surface area contributed by atoms with Crippen LogP contribution in [0.3, 0.4) is 0 Å². The topological polar surface area (TPSA) is 58.6 Å². The van der Waals surface area contributed by atoms with Crippen LogP contribution in [0, 0.1) is 0 Å². The number of halogens is 2. The van der Waals surface area contributed by atoms with Crippen LogP contribution in [0.4, 0.5) is 0 Å². The van der Waals surface area contributed by atoms with Gasteiger partial charge in [0.2, 0.25) is 5.91 Å². The van der Waals surface area contributed by atoms with Crippen molar-refractivity contribution in [3.05, 3.63) is 99.5 Å². The Hall–Kier alpha value is -2.83. The molecule has 0 heterocycles. The first-order valence-electron chi connectivity index (χ1n) is 11.1. The summed E-state index contributed by atoms with van der Waals surface area (Å²) in [4.78, 5) is 28.4. The van der Waals surface area contributed by atoms with Crippen molar-refractivity contribution >= 4 is 39.3 Å². The third kappa shape index (κ3) is 7.61. The number of amides is 2. The number of carbonyl (C=O) groups excluding carboxylic acids is 2. The van der Waals surface area contributed by atoms with E-state index in [1.165, 1.54) is 0 Å². The predicted molar refractivity (Wildman–Crippen MR) is 139 cm³/mol. The molecular weight excluding hydrogens is 516 g/mol. The Kier molecular flexibility index (Phi) is 9.54. The molecule has 7 heteroatoms. The molecule has 3 aromatic rings. The second-order valence-electron chi connectivity index (χ2n) is 8.24. The molecule has 0 fully saturated rings. The van der Waals surface area contributed by atoms with Crippen molar-refractivity contribution in [2.45, 2.75) is 38.9 Å². The smallest absolute Gasteiger partial charge is 0.261 e. The molecule has 3 rings (SSSR count). The van der Waals surface area contributed by atoms with Crippen molar-refractivity contribution in [3.63, 3.8) is 0 Å².